The van der Waals surface area contributed by atoms with Gasteiger partial charge in [0.15, 0.2) is 11.2 Å². The molecule has 3 aromatic rings. The number of ether oxygens (including phenoxy) is 2. The number of esters is 2. The fraction of sp³-hybridized carbons (Fsp3) is 0.233. The van der Waals surface area contributed by atoms with Gasteiger partial charge in [0.1, 0.15) is 0 Å². The topological polar surface area (TPSA) is 69.7 Å². The summed E-state index contributed by atoms with van der Waals surface area (Å²) in [5.41, 5.74) is 2.23. The Labute approximate surface area is 204 Å². The van der Waals surface area contributed by atoms with Gasteiger partial charge in [-0.15, -0.1) is 0 Å². The number of methoxy groups -OCH3 is 2. The minimum atomic E-state index is -1.60. The smallest absolute Gasteiger partial charge is 0.324 e. The van der Waals surface area contributed by atoms with Crippen LogP contribution in [0.2, 0.25) is 0 Å². The third kappa shape index (κ3) is 3.42. The minimum Gasteiger partial charge on any atom is -0.468 e. The van der Waals surface area contributed by atoms with Crippen LogP contribution in [0.5, 0.6) is 0 Å². The Kier molecular flexibility index (Phi) is 5.85. The van der Waals surface area contributed by atoms with Crippen LogP contribution in [0.4, 0.5) is 0 Å². The molecule has 3 atom stereocenters. The van der Waals surface area contributed by atoms with Crippen molar-refractivity contribution in [1.29, 1.82) is 0 Å². The Bertz CT molecular complexity index is 1280. The molecule has 2 aliphatic carbocycles. The van der Waals surface area contributed by atoms with Gasteiger partial charge in [0.2, 0.25) is 0 Å². The maximum Gasteiger partial charge on any atom is 0.324 e. The molecule has 0 saturated heterocycles. The molecule has 0 spiro atoms. The van der Waals surface area contributed by atoms with E-state index in [1.807, 2.05) is 91.0 Å². The average Bonchev–Trinajstić information content (AvgIpc) is 3.39. The summed E-state index contributed by atoms with van der Waals surface area (Å²) in [4.78, 5) is 41.1. The highest BCUT2D eigenvalue weighted by atomic mass is 16.5. The van der Waals surface area contributed by atoms with Gasteiger partial charge in [-0.25, -0.2) is 0 Å². The summed E-state index contributed by atoms with van der Waals surface area (Å²) in [6, 6.07) is 28.5. The van der Waals surface area contributed by atoms with Crippen molar-refractivity contribution in [2.75, 3.05) is 14.2 Å². The summed E-state index contributed by atoms with van der Waals surface area (Å²) in [6.45, 7) is 0. The van der Waals surface area contributed by atoms with E-state index in [4.69, 9.17) is 9.47 Å². The summed E-state index contributed by atoms with van der Waals surface area (Å²) in [5, 5.41) is 0. The predicted octanol–water partition coefficient (Wildman–Crippen LogP) is 4.94. The molecular formula is C30H26O5. The number of rotatable bonds is 5. The van der Waals surface area contributed by atoms with Crippen LogP contribution in [0.1, 0.15) is 34.9 Å². The first-order valence-electron chi connectivity index (χ1n) is 11.6. The molecule has 5 nitrogen and oxygen atoms in total. The predicted molar refractivity (Wildman–Crippen MR) is 131 cm³/mol. The van der Waals surface area contributed by atoms with E-state index in [-0.39, 0.29) is 12.2 Å². The highest BCUT2D eigenvalue weighted by molar-refractivity contribution is 6.28. The van der Waals surface area contributed by atoms with Crippen LogP contribution in [0.15, 0.2) is 96.6 Å². The van der Waals surface area contributed by atoms with Crippen LogP contribution >= 0.6 is 0 Å². The molecule has 0 unspecified atom stereocenters. The van der Waals surface area contributed by atoms with Gasteiger partial charge in [-0.2, -0.15) is 0 Å². The Morgan fingerprint density at radius 1 is 0.743 bits per heavy atom. The summed E-state index contributed by atoms with van der Waals surface area (Å²) < 4.78 is 10.5. The Balaban J connectivity index is 1.84. The van der Waals surface area contributed by atoms with E-state index in [9.17, 15) is 14.4 Å². The fourth-order valence-electron chi connectivity index (χ4n) is 6.11. The Morgan fingerprint density at radius 2 is 1.23 bits per heavy atom. The van der Waals surface area contributed by atoms with E-state index in [2.05, 4.69) is 0 Å². The lowest BCUT2D eigenvalue weighted by Gasteiger charge is -2.34. The summed E-state index contributed by atoms with van der Waals surface area (Å²) >= 11 is 0. The third-order valence-corrected chi connectivity index (χ3v) is 7.45. The molecule has 0 aromatic heterocycles. The number of carbonyl (C=O) groups excluding carboxylic acids is 3. The van der Waals surface area contributed by atoms with Crippen LogP contribution in [0, 0.1) is 11.3 Å². The maximum atomic E-state index is 14.1. The van der Waals surface area contributed by atoms with Gasteiger partial charge in [-0.3, -0.25) is 14.4 Å². The van der Waals surface area contributed by atoms with Gasteiger partial charge < -0.3 is 9.47 Å². The number of fused-ring (bicyclic) bond motifs is 1. The molecule has 3 aromatic carbocycles. The van der Waals surface area contributed by atoms with Crippen molar-refractivity contribution in [3.63, 3.8) is 0 Å². The lowest BCUT2D eigenvalue weighted by molar-refractivity contribution is -0.170. The molecule has 0 heterocycles. The maximum absolute atomic E-state index is 14.1. The SMILES string of the molecule is COC(=O)C1(C(=O)OC)CC2=C(c3ccccc3)C(=O)[C@@H](c3ccccc3)[C@@H]2[C@@H]1c1ccccc1. The van der Waals surface area contributed by atoms with Gasteiger partial charge in [-0.05, 0) is 23.1 Å². The monoisotopic (exact) mass is 466 g/mol. The van der Waals surface area contributed by atoms with Gasteiger partial charge in [-0.1, -0.05) is 96.6 Å². The van der Waals surface area contributed by atoms with Crippen molar-refractivity contribution in [2.45, 2.75) is 18.3 Å². The summed E-state index contributed by atoms with van der Waals surface area (Å²) in [5.74, 6) is -2.86. The molecule has 2 aliphatic rings. The molecule has 1 saturated carbocycles. The highest BCUT2D eigenvalue weighted by Crippen LogP contribution is 2.65. The van der Waals surface area contributed by atoms with E-state index < -0.39 is 35.1 Å². The van der Waals surface area contributed by atoms with Crippen molar-refractivity contribution in [2.24, 2.45) is 11.3 Å². The molecule has 0 aliphatic heterocycles. The largest absolute Gasteiger partial charge is 0.468 e. The van der Waals surface area contributed by atoms with Crippen LogP contribution < -0.4 is 0 Å². The number of benzene rings is 3. The average molecular weight is 467 g/mol. The number of ketones is 1. The normalized spacial score (nSPS) is 22.6. The second kappa shape index (κ2) is 8.99. The zero-order chi connectivity index (χ0) is 24.6. The van der Waals surface area contributed by atoms with Gasteiger partial charge in [0, 0.05) is 17.4 Å². The quantitative estimate of drug-likeness (QED) is 0.393. The van der Waals surface area contributed by atoms with Crippen LogP contribution in [-0.2, 0) is 23.9 Å². The highest BCUT2D eigenvalue weighted by Gasteiger charge is 2.67. The molecule has 5 heteroatoms. The van der Waals surface area contributed by atoms with Crippen LogP contribution in [0.3, 0.4) is 0 Å². The lowest BCUT2D eigenvalue weighted by atomic mass is 9.67. The van der Waals surface area contributed by atoms with E-state index >= 15 is 0 Å². The molecule has 0 bridgehead atoms. The van der Waals surface area contributed by atoms with E-state index in [0.29, 0.717) is 5.57 Å². The van der Waals surface area contributed by atoms with E-state index in [0.717, 1.165) is 22.3 Å². The minimum absolute atomic E-state index is 0.00617. The molecule has 35 heavy (non-hydrogen) atoms. The number of carbonyl (C=O) groups is 3. The van der Waals surface area contributed by atoms with E-state index in [1.54, 1.807) is 0 Å². The van der Waals surface area contributed by atoms with Crippen LogP contribution in [0.25, 0.3) is 5.57 Å². The van der Waals surface area contributed by atoms with E-state index in [1.165, 1.54) is 14.2 Å². The van der Waals surface area contributed by atoms with Crippen molar-refractivity contribution in [3.8, 4) is 0 Å². The van der Waals surface area contributed by atoms with Gasteiger partial charge >= 0.3 is 11.9 Å². The Morgan fingerprint density at radius 3 is 1.74 bits per heavy atom. The summed E-state index contributed by atoms with van der Waals surface area (Å²) in [6.07, 6.45) is 0.0654. The number of hydrogen-bond acceptors (Lipinski definition) is 5. The Hall–Kier alpha value is -3.99. The van der Waals surface area contributed by atoms with Crippen LogP contribution in [-0.4, -0.2) is 31.9 Å². The van der Waals surface area contributed by atoms with Crippen molar-refractivity contribution in [3.05, 3.63) is 113 Å². The standard InChI is InChI=1S/C30H26O5/c1-34-28(32)30(29(33)35-2)18-22-23(19-12-6-3-7-13-19)27(31)24(20-14-8-4-9-15-20)25(22)26(30)21-16-10-5-11-17-21/h3-17,24-26H,18H2,1-2H3/t24-,25+,26-/m0/s1. The molecule has 5 rings (SSSR count). The molecule has 1 fully saturated rings. The molecule has 176 valence electrons. The number of hydrogen-bond donors (Lipinski definition) is 0. The van der Waals surface area contributed by atoms with Crippen molar-refractivity contribution >= 4 is 23.3 Å². The van der Waals surface area contributed by atoms with Crippen molar-refractivity contribution < 1.29 is 23.9 Å². The third-order valence-electron chi connectivity index (χ3n) is 7.45. The second-order valence-corrected chi connectivity index (χ2v) is 9.06. The number of allylic oxidation sites excluding steroid dienone is 2. The molecular weight excluding hydrogens is 440 g/mol. The van der Waals surface area contributed by atoms with Gasteiger partial charge in [0.25, 0.3) is 0 Å². The first-order chi connectivity index (χ1) is 17.0. The first-order valence-corrected chi connectivity index (χ1v) is 11.6. The number of Topliss-reactive ketones (excluding diaryl/α,β-unsaturated/α-hetero) is 1. The molecule has 0 N–H and O–H groups in total. The molecule has 0 radical (unpaired) electrons. The molecule has 0 amide bonds. The van der Waals surface area contributed by atoms with Gasteiger partial charge in [0.05, 0.1) is 20.1 Å². The zero-order valence-electron chi connectivity index (χ0n) is 19.6. The lowest BCUT2D eigenvalue weighted by Crippen LogP contribution is -2.45. The first kappa shape index (κ1) is 22.8. The second-order valence-electron chi connectivity index (χ2n) is 9.06. The zero-order valence-corrected chi connectivity index (χ0v) is 19.6. The fourth-order valence-corrected chi connectivity index (χ4v) is 6.11. The summed E-state index contributed by atoms with van der Waals surface area (Å²) in [7, 11) is 2.57. The van der Waals surface area contributed by atoms with Crippen molar-refractivity contribution in [1.82, 2.24) is 0 Å².